The van der Waals surface area contributed by atoms with Crippen LogP contribution >= 0.6 is 11.8 Å². The molecule has 0 aliphatic carbocycles. The Kier molecular flexibility index (Phi) is 4.64. The highest BCUT2D eigenvalue weighted by atomic mass is 32.2. The topological polar surface area (TPSA) is 72.2 Å². The largest absolute Gasteiger partial charge is 0.399 e. The van der Waals surface area contributed by atoms with Crippen molar-refractivity contribution in [1.82, 2.24) is 4.72 Å². The zero-order chi connectivity index (χ0) is 12.2. The van der Waals surface area contributed by atoms with Crippen LogP contribution in [0.4, 0.5) is 5.69 Å². The molecule has 0 radical (unpaired) electrons. The summed E-state index contributed by atoms with van der Waals surface area (Å²) in [5.41, 5.74) is 6.74. The van der Waals surface area contributed by atoms with Crippen LogP contribution in [0.1, 0.15) is 5.56 Å². The Bertz CT molecular complexity index is 458. The van der Waals surface area contributed by atoms with Gasteiger partial charge in [-0.25, -0.2) is 13.1 Å². The van der Waals surface area contributed by atoms with E-state index in [9.17, 15) is 8.42 Å². The Balaban J connectivity index is 2.93. The minimum atomic E-state index is -3.43. The Morgan fingerprint density at radius 1 is 1.44 bits per heavy atom. The van der Waals surface area contributed by atoms with Crippen molar-refractivity contribution in [3.05, 3.63) is 23.8 Å². The summed E-state index contributed by atoms with van der Waals surface area (Å²) in [5.74, 6) is 0.751. The third-order valence-corrected chi connectivity index (χ3v) is 4.32. The van der Waals surface area contributed by atoms with Crippen molar-refractivity contribution in [2.24, 2.45) is 0 Å². The predicted molar refractivity (Wildman–Crippen MR) is 69.2 cm³/mol. The minimum Gasteiger partial charge on any atom is -0.399 e. The lowest BCUT2D eigenvalue weighted by molar-refractivity contribution is 0.583. The number of thioether (sulfide) groups is 1. The fourth-order valence-corrected chi connectivity index (χ4v) is 3.01. The first-order valence-corrected chi connectivity index (χ1v) is 7.70. The lowest BCUT2D eigenvalue weighted by Gasteiger charge is -2.09. The maximum atomic E-state index is 11.9. The first kappa shape index (κ1) is 13.3. The number of nitrogens with two attached hydrogens (primary N) is 1. The number of aryl methyl sites for hydroxylation is 1. The first-order chi connectivity index (χ1) is 7.47. The smallest absolute Gasteiger partial charge is 0.240 e. The quantitative estimate of drug-likeness (QED) is 0.617. The maximum Gasteiger partial charge on any atom is 0.240 e. The summed E-state index contributed by atoms with van der Waals surface area (Å²) in [7, 11) is -3.43. The van der Waals surface area contributed by atoms with Gasteiger partial charge in [-0.3, -0.25) is 0 Å². The summed E-state index contributed by atoms with van der Waals surface area (Å²) in [6.45, 7) is 2.18. The molecule has 0 fully saturated rings. The molecule has 0 aromatic heterocycles. The van der Waals surface area contributed by atoms with Crippen LogP contribution in [0.5, 0.6) is 0 Å². The van der Waals surface area contributed by atoms with Gasteiger partial charge in [0.25, 0.3) is 0 Å². The van der Waals surface area contributed by atoms with E-state index in [1.807, 2.05) is 6.26 Å². The number of nitrogens with one attached hydrogen (secondary N) is 1. The van der Waals surface area contributed by atoms with Crippen molar-refractivity contribution < 1.29 is 8.42 Å². The van der Waals surface area contributed by atoms with Crippen molar-refractivity contribution >= 4 is 27.5 Å². The van der Waals surface area contributed by atoms with E-state index in [0.717, 1.165) is 5.75 Å². The molecule has 0 aliphatic rings. The van der Waals surface area contributed by atoms with Gasteiger partial charge in [-0.2, -0.15) is 11.8 Å². The second-order valence-corrected chi connectivity index (χ2v) is 6.14. The second-order valence-electron chi connectivity index (χ2n) is 3.42. The number of benzene rings is 1. The van der Waals surface area contributed by atoms with Crippen molar-refractivity contribution in [3.63, 3.8) is 0 Å². The predicted octanol–water partition coefficient (Wildman–Crippen LogP) is 1.22. The summed E-state index contributed by atoms with van der Waals surface area (Å²) in [5, 5.41) is 0. The molecular weight excluding hydrogens is 244 g/mol. The molecule has 0 unspecified atom stereocenters. The molecule has 90 valence electrons. The zero-order valence-electron chi connectivity index (χ0n) is 9.36. The van der Waals surface area contributed by atoms with Crippen LogP contribution in [0.15, 0.2) is 23.1 Å². The van der Waals surface area contributed by atoms with Gasteiger partial charge in [0.05, 0.1) is 4.90 Å². The molecule has 0 spiro atoms. The van der Waals surface area contributed by atoms with Crippen LogP contribution < -0.4 is 10.5 Å². The van der Waals surface area contributed by atoms with Gasteiger partial charge in [0, 0.05) is 18.0 Å². The van der Waals surface area contributed by atoms with Crippen LogP contribution in [0.3, 0.4) is 0 Å². The van der Waals surface area contributed by atoms with Crippen molar-refractivity contribution in [2.75, 3.05) is 24.3 Å². The molecule has 0 amide bonds. The third kappa shape index (κ3) is 3.40. The maximum absolute atomic E-state index is 11.9. The van der Waals surface area contributed by atoms with Gasteiger partial charge in [-0.05, 0) is 30.9 Å². The van der Waals surface area contributed by atoms with Crippen LogP contribution in [0, 0.1) is 6.92 Å². The molecule has 1 aromatic carbocycles. The van der Waals surface area contributed by atoms with E-state index in [-0.39, 0.29) is 4.90 Å². The Labute approximate surface area is 101 Å². The van der Waals surface area contributed by atoms with Gasteiger partial charge in [0.15, 0.2) is 0 Å². The van der Waals surface area contributed by atoms with E-state index >= 15 is 0 Å². The highest BCUT2D eigenvalue weighted by molar-refractivity contribution is 7.98. The summed E-state index contributed by atoms with van der Waals surface area (Å²) < 4.78 is 26.3. The molecule has 1 aromatic rings. The third-order valence-electron chi connectivity index (χ3n) is 2.10. The van der Waals surface area contributed by atoms with Crippen LogP contribution in [-0.2, 0) is 10.0 Å². The summed E-state index contributed by atoms with van der Waals surface area (Å²) in [6.07, 6.45) is 1.93. The monoisotopic (exact) mass is 260 g/mol. The van der Waals surface area contributed by atoms with Crippen molar-refractivity contribution in [3.8, 4) is 0 Å². The van der Waals surface area contributed by atoms with Gasteiger partial charge in [0.1, 0.15) is 0 Å². The van der Waals surface area contributed by atoms with E-state index in [1.54, 1.807) is 30.8 Å². The molecule has 6 heteroatoms. The van der Waals surface area contributed by atoms with Gasteiger partial charge in [-0.1, -0.05) is 6.07 Å². The van der Waals surface area contributed by atoms with Gasteiger partial charge < -0.3 is 5.73 Å². The Morgan fingerprint density at radius 2 is 2.12 bits per heavy atom. The summed E-state index contributed by atoms with van der Waals surface area (Å²) in [4.78, 5) is 0.258. The number of anilines is 1. The van der Waals surface area contributed by atoms with E-state index in [4.69, 9.17) is 5.73 Å². The van der Waals surface area contributed by atoms with Gasteiger partial charge >= 0.3 is 0 Å². The van der Waals surface area contributed by atoms with Crippen molar-refractivity contribution in [2.45, 2.75) is 11.8 Å². The Hall–Kier alpha value is -0.720. The van der Waals surface area contributed by atoms with Crippen LogP contribution in [0.2, 0.25) is 0 Å². The molecule has 0 aliphatic heterocycles. The minimum absolute atomic E-state index is 0.258. The van der Waals surface area contributed by atoms with Crippen LogP contribution in [0.25, 0.3) is 0 Å². The number of rotatable bonds is 5. The zero-order valence-corrected chi connectivity index (χ0v) is 11.0. The normalized spacial score (nSPS) is 11.6. The first-order valence-electron chi connectivity index (χ1n) is 4.82. The molecule has 1 rings (SSSR count). The molecule has 0 atom stereocenters. The summed E-state index contributed by atoms with van der Waals surface area (Å²) in [6, 6.07) is 4.88. The second kappa shape index (κ2) is 5.56. The van der Waals surface area contributed by atoms with E-state index < -0.39 is 10.0 Å². The molecule has 4 nitrogen and oxygen atoms in total. The lowest BCUT2D eigenvalue weighted by atomic mass is 10.2. The van der Waals surface area contributed by atoms with E-state index in [0.29, 0.717) is 17.8 Å². The van der Waals surface area contributed by atoms with Crippen LogP contribution in [-0.4, -0.2) is 27.0 Å². The molecular formula is C10H16N2O2S2. The molecule has 0 bridgehead atoms. The average molecular weight is 260 g/mol. The SMILES string of the molecule is CSCCNS(=O)(=O)c1cc(N)ccc1C. The highest BCUT2D eigenvalue weighted by Gasteiger charge is 2.15. The van der Waals surface area contributed by atoms with Gasteiger partial charge in [-0.15, -0.1) is 0 Å². The fraction of sp³-hybridized carbons (Fsp3) is 0.400. The molecule has 0 saturated heterocycles. The Morgan fingerprint density at radius 3 is 2.75 bits per heavy atom. The molecule has 3 N–H and O–H groups in total. The number of sulfonamides is 1. The number of hydrogen-bond donors (Lipinski definition) is 2. The number of hydrogen-bond acceptors (Lipinski definition) is 4. The molecule has 0 heterocycles. The lowest BCUT2D eigenvalue weighted by Crippen LogP contribution is -2.26. The van der Waals surface area contributed by atoms with Gasteiger partial charge in [0.2, 0.25) is 10.0 Å². The average Bonchev–Trinajstić information content (AvgIpc) is 2.22. The van der Waals surface area contributed by atoms with E-state index in [1.165, 1.54) is 6.07 Å². The standard InChI is InChI=1S/C10H16N2O2S2/c1-8-3-4-9(11)7-10(8)16(13,14)12-5-6-15-2/h3-4,7,12H,5-6,11H2,1-2H3. The fourth-order valence-electron chi connectivity index (χ4n) is 1.26. The summed E-state index contributed by atoms with van der Waals surface area (Å²) >= 11 is 1.59. The molecule has 0 saturated carbocycles. The highest BCUT2D eigenvalue weighted by Crippen LogP contribution is 2.17. The van der Waals surface area contributed by atoms with E-state index in [2.05, 4.69) is 4.72 Å². The number of nitrogen functional groups attached to an aromatic ring is 1. The van der Waals surface area contributed by atoms with Crippen molar-refractivity contribution in [1.29, 1.82) is 0 Å². The molecule has 16 heavy (non-hydrogen) atoms.